The number of nitrogens with zero attached hydrogens (tertiary/aromatic N) is 1. The topological polar surface area (TPSA) is 20.3 Å². The smallest absolute Gasteiger partial charge is 0.234 e. The van der Waals surface area contributed by atoms with Crippen molar-refractivity contribution in [1.29, 1.82) is 0 Å². The van der Waals surface area contributed by atoms with Crippen LogP contribution < -0.4 is 4.90 Å². The average molecular weight is 237 g/mol. The molecule has 1 aliphatic heterocycles. The fourth-order valence-electron chi connectivity index (χ4n) is 2.54. The van der Waals surface area contributed by atoms with Crippen LogP contribution in [0, 0.1) is 0 Å². The van der Waals surface area contributed by atoms with Gasteiger partial charge < -0.3 is 4.90 Å². The number of rotatable bonds is 1. The molecule has 90 valence electrons. The Labute approximate surface area is 107 Å². The van der Waals surface area contributed by atoms with Gasteiger partial charge in [0.25, 0.3) is 0 Å². The highest BCUT2D eigenvalue weighted by Crippen LogP contribution is 2.31. The van der Waals surface area contributed by atoms with E-state index in [0.29, 0.717) is 6.54 Å². The van der Waals surface area contributed by atoms with Crippen molar-refractivity contribution in [1.82, 2.24) is 0 Å². The van der Waals surface area contributed by atoms with Crippen LogP contribution in [0.3, 0.4) is 0 Å². The van der Waals surface area contributed by atoms with Crippen LogP contribution in [-0.4, -0.2) is 5.91 Å². The van der Waals surface area contributed by atoms with Crippen molar-refractivity contribution in [3.05, 3.63) is 65.7 Å². The lowest BCUT2D eigenvalue weighted by molar-refractivity contribution is -0.120. The molecular formula is C16H15NO. The van der Waals surface area contributed by atoms with Crippen LogP contribution in [0.15, 0.2) is 54.6 Å². The van der Waals surface area contributed by atoms with Gasteiger partial charge in [0.15, 0.2) is 0 Å². The Balaban J connectivity index is 2.04. The van der Waals surface area contributed by atoms with Gasteiger partial charge >= 0.3 is 0 Å². The molecule has 2 aromatic carbocycles. The van der Waals surface area contributed by atoms with Crippen molar-refractivity contribution in [2.24, 2.45) is 0 Å². The van der Waals surface area contributed by atoms with Gasteiger partial charge in [-0.3, -0.25) is 4.79 Å². The summed E-state index contributed by atoms with van der Waals surface area (Å²) in [7, 11) is 0. The van der Waals surface area contributed by atoms with Crippen molar-refractivity contribution in [3.63, 3.8) is 0 Å². The fraction of sp³-hybridized carbons (Fsp3) is 0.188. The van der Waals surface area contributed by atoms with Gasteiger partial charge in [0.2, 0.25) is 5.91 Å². The second-order valence-electron chi connectivity index (χ2n) is 4.68. The Kier molecular flexibility index (Phi) is 2.63. The highest BCUT2D eigenvalue weighted by atomic mass is 16.2. The van der Waals surface area contributed by atoms with Crippen molar-refractivity contribution in [2.75, 3.05) is 4.90 Å². The third-order valence-corrected chi connectivity index (χ3v) is 3.55. The molecule has 0 saturated carbocycles. The quantitative estimate of drug-likeness (QED) is 0.745. The minimum Gasteiger partial charge on any atom is -0.307 e. The van der Waals surface area contributed by atoms with E-state index in [1.54, 1.807) is 0 Å². The molecule has 1 atom stereocenters. The van der Waals surface area contributed by atoms with Gasteiger partial charge in [-0.15, -0.1) is 0 Å². The zero-order valence-electron chi connectivity index (χ0n) is 10.3. The van der Waals surface area contributed by atoms with Gasteiger partial charge in [-0.2, -0.15) is 0 Å². The van der Waals surface area contributed by atoms with Gasteiger partial charge in [-0.25, -0.2) is 0 Å². The minimum atomic E-state index is -0.0600. The van der Waals surface area contributed by atoms with Crippen LogP contribution in [0.5, 0.6) is 0 Å². The van der Waals surface area contributed by atoms with E-state index < -0.39 is 0 Å². The van der Waals surface area contributed by atoms with E-state index in [1.165, 1.54) is 5.56 Å². The highest BCUT2D eigenvalue weighted by Gasteiger charge is 2.30. The third-order valence-electron chi connectivity index (χ3n) is 3.55. The van der Waals surface area contributed by atoms with Crippen LogP contribution in [0.1, 0.15) is 24.0 Å². The van der Waals surface area contributed by atoms with Crippen LogP contribution in [0.2, 0.25) is 0 Å². The first kappa shape index (κ1) is 11.0. The van der Waals surface area contributed by atoms with Crippen LogP contribution in [-0.2, 0) is 11.3 Å². The SMILES string of the molecule is C[C@@H]1C(=O)N(c2ccccc2)Cc2ccccc21. The zero-order valence-corrected chi connectivity index (χ0v) is 10.3. The Morgan fingerprint density at radius 3 is 2.44 bits per heavy atom. The number of hydrogen-bond donors (Lipinski definition) is 0. The summed E-state index contributed by atoms with van der Waals surface area (Å²) >= 11 is 0. The second-order valence-corrected chi connectivity index (χ2v) is 4.68. The van der Waals surface area contributed by atoms with E-state index in [9.17, 15) is 4.79 Å². The molecule has 0 fully saturated rings. The van der Waals surface area contributed by atoms with Crippen LogP contribution >= 0.6 is 0 Å². The summed E-state index contributed by atoms with van der Waals surface area (Å²) in [6.07, 6.45) is 0. The summed E-state index contributed by atoms with van der Waals surface area (Å²) in [5, 5.41) is 0. The fourth-order valence-corrected chi connectivity index (χ4v) is 2.54. The number of amides is 1. The number of anilines is 1. The maximum absolute atomic E-state index is 12.4. The number of hydrogen-bond acceptors (Lipinski definition) is 1. The van der Waals surface area contributed by atoms with E-state index in [1.807, 2.05) is 54.3 Å². The normalized spacial score (nSPS) is 18.6. The molecule has 0 N–H and O–H groups in total. The molecule has 2 aromatic rings. The van der Waals surface area contributed by atoms with E-state index >= 15 is 0 Å². The van der Waals surface area contributed by atoms with Crippen LogP contribution in [0.4, 0.5) is 5.69 Å². The maximum atomic E-state index is 12.4. The summed E-state index contributed by atoms with van der Waals surface area (Å²) in [6.45, 7) is 2.65. The number of para-hydroxylation sites is 1. The van der Waals surface area contributed by atoms with Gasteiger partial charge in [0.05, 0.1) is 12.5 Å². The number of benzene rings is 2. The molecule has 0 bridgehead atoms. The molecule has 0 spiro atoms. The van der Waals surface area contributed by atoms with E-state index in [2.05, 4.69) is 12.1 Å². The summed E-state index contributed by atoms with van der Waals surface area (Å²) in [6, 6.07) is 18.1. The first-order valence-corrected chi connectivity index (χ1v) is 6.21. The van der Waals surface area contributed by atoms with Crippen molar-refractivity contribution in [2.45, 2.75) is 19.4 Å². The van der Waals surface area contributed by atoms with E-state index in [0.717, 1.165) is 11.3 Å². The van der Waals surface area contributed by atoms with E-state index in [4.69, 9.17) is 0 Å². The molecule has 0 aromatic heterocycles. The molecule has 18 heavy (non-hydrogen) atoms. The van der Waals surface area contributed by atoms with E-state index in [-0.39, 0.29) is 11.8 Å². The Morgan fingerprint density at radius 1 is 1.00 bits per heavy atom. The van der Waals surface area contributed by atoms with Gasteiger partial charge in [0, 0.05) is 5.69 Å². The molecule has 1 heterocycles. The number of carbonyl (C=O) groups is 1. The molecule has 1 amide bonds. The standard InChI is InChI=1S/C16H15NO/c1-12-15-10-6-5-7-13(15)11-17(16(12)18)14-8-3-2-4-9-14/h2-10,12H,11H2,1H3/t12-/m0/s1. The molecule has 0 unspecified atom stereocenters. The zero-order chi connectivity index (χ0) is 12.5. The summed E-state index contributed by atoms with van der Waals surface area (Å²) in [5.41, 5.74) is 3.38. The lowest BCUT2D eigenvalue weighted by Gasteiger charge is -2.32. The maximum Gasteiger partial charge on any atom is 0.234 e. The predicted octanol–water partition coefficient (Wildman–Crippen LogP) is 3.34. The van der Waals surface area contributed by atoms with Gasteiger partial charge in [0.1, 0.15) is 0 Å². The largest absolute Gasteiger partial charge is 0.307 e. The Morgan fingerprint density at radius 2 is 1.67 bits per heavy atom. The first-order valence-electron chi connectivity index (χ1n) is 6.21. The average Bonchev–Trinajstić information content (AvgIpc) is 2.44. The van der Waals surface area contributed by atoms with Crippen molar-refractivity contribution in [3.8, 4) is 0 Å². The second kappa shape index (κ2) is 4.30. The molecule has 0 radical (unpaired) electrons. The lowest BCUT2D eigenvalue weighted by Crippen LogP contribution is -2.38. The number of fused-ring (bicyclic) bond motifs is 1. The van der Waals surface area contributed by atoms with Gasteiger partial charge in [-0.1, -0.05) is 42.5 Å². The number of carbonyl (C=O) groups excluding carboxylic acids is 1. The molecule has 0 saturated heterocycles. The van der Waals surface area contributed by atoms with Crippen molar-refractivity contribution < 1.29 is 4.79 Å². The third kappa shape index (κ3) is 1.70. The lowest BCUT2D eigenvalue weighted by atomic mass is 9.90. The molecular weight excluding hydrogens is 222 g/mol. The predicted molar refractivity (Wildman–Crippen MR) is 72.5 cm³/mol. The molecule has 2 heteroatoms. The monoisotopic (exact) mass is 237 g/mol. The Hall–Kier alpha value is -2.09. The van der Waals surface area contributed by atoms with Gasteiger partial charge in [-0.05, 0) is 30.2 Å². The molecule has 3 rings (SSSR count). The summed E-state index contributed by atoms with van der Waals surface area (Å²) in [4.78, 5) is 14.3. The van der Waals surface area contributed by atoms with Crippen LogP contribution in [0.25, 0.3) is 0 Å². The summed E-state index contributed by atoms with van der Waals surface area (Å²) < 4.78 is 0. The first-order chi connectivity index (χ1) is 8.77. The van der Waals surface area contributed by atoms with Crippen molar-refractivity contribution >= 4 is 11.6 Å². The molecule has 0 aliphatic carbocycles. The highest BCUT2D eigenvalue weighted by molar-refractivity contribution is 5.99. The summed E-state index contributed by atoms with van der Waals surface area (Å²) in [5.74, 6) is 0.120. The molecule has 1 aliphatic rings. The Bertz CT molecular complexity index is 577. The minimum absolute atomic E-state index is 0.0600. The molecule has 2 nitrogen and oxygen atoms in total.